The van der Waals surface area contributed by atoms with Crippen molar-refractivity contribution in [2.75, 3.05) is 11.1 Å². The Bertz CT molecular complexity index is 865. The lowest BCUT2D eigenvalue weighted by Gasteiger charge is -2.01. The van der Waals surface area contributed by atoms with Crippen molar-refractivity contribution in [3.05, 3.63) is 57.6 Å². The molecule has 9 heteroatoms. The third-order valence-electron chi connectivity index (χ3n) is 3.16. The number of aryl methyl sites for hydroxylation is 1. The summed E-state index contributed by atoms with van der Waals surface area (Å²) in [6.07, 6.45) is 2.46. The van der Waals surface area contributed by atoms with Crippen LogP contribution in [0.2, 0.25) is 5.02 Å². The molecule has 2 heterocycles. The van der Waals surface area contributed by atoms with Crippen LogP contribution in [0.15, 0.2) is 35.0 Å². The van der Waals surface area contributed by atoms with Gasteiger partial charge < -0.3 is 9.84 Å². The van der Waals surface area contributed by atoms with Gasteiger partial charge in [-0.3, -0.25) is 4.79 Å². The van der Waals surface area contributed by atoms with E-state index < -0.39 is 0 Å². The van der Waals surface area contributed by atoms with Gasteiger partial charge in [-0.25, -0.2) is 4.98 Å². The predicted molar refractivity (Wildman–Crippen MR) is 100 cm³/mol. The van der Waals surface area contributed by atoms with Crippen molar-refractivity contribution in [1.29, 1.82) is 0 Å². The first kappa shape index (κ1) is 17.9. The Morgan fingerprint density at radius 3 is 3.00 bits per heavy atom. The van der Waals surface area contributed by atoms with E-state index in [0.717, 1.165) is 15.5 Å². The molecule has 0 aliphatic heterocycles. The lowest BCUT2D eigenvalue weighted by molar-refractivity contribution is -0.113. The van der Waals surface area contributed by atoms with Gasteiger partial charge in [0.2, 0.25) is 11.8 Å². The van der Waals surface area contributed by atoms with Crippen molar-refractivity contribution in [1.82, 2.24) is 15.1 Å². The molecule has 0 spiro atoms. The molecule has 130 valence electrons. The van der Waals surface area contributed by atoms with Crippen LogP contribution in [-0.2, 0) is 17.0 Å². The number of anilines is 1. The van der Waals surface area contributed by atoms with Gasteiger partial charge in [0.25, 0.3) is 0 Å². The third kappa shape index (κ3) is 5.29. The molecule has 3 aromatic rings. The number of carbonyl (C=O) groups is 1. The molecule has 1 N–H and O–H groups in total. The fourth-order valence-corrected chi connectivity index (χ4v) is 3.78. The number of thiazole rings is 1. The number of hydrogen-bond donors (Lipinski definition) is 1. The predicted octanol–water partition coefficient (Wildman–Crippen LogP) is 3.95. The Balaban J connectivity index is 1.47. The number of benzene rings is 1. The fraction of sp³-hybridized carbons (Fsp3) is 0.250. The molecule has 0 aliphatic carbocycles. The van der Waals surface area contributed by atoms with E-state index in [4.69, 9.17) is 16.1 Å². The van der Waals surface area contributed by atoms with Gasteiger partial charge in [-0.1, -0.05) is 35.0 Å². The minimum atomic E-state index is -0.108. The average molecular weight is 395 g/mol. The van der Waals surface area contributed by atoms with E-state index in [9.17, 15) is 4.79 Å². The molecule has 1 aromatic carbocycles. The van der Waals surface area contributed by atoms with Crippen molar-refractivity contribution in [2.24, 2.45) is 0 Å². The molecule has 0 fully saturated rings. The number of amides is 1. The molecule has 2 aromatic heterocycles. The first-order valence-corrected chi connectivity index (χ1v) is 9.80. The molecule has 0 atom stereocenters. The molecule has 1 amide bonds. The quantitative estimate of drug-likeness (QED) is 0.653. The van der Waals surface area contributed by atoms with Crippen molar-refractivity contribution in [3.63, 3.8) is 0 Å². The Morgan fingerprint density at radius 2 is 2.24 bits per heavy atom. The summed E-state index contributed by atoms with van der Waals surface area (Å²) in [4.78, 5) is 21.4. The van der Waals surface area contributed by atoms with Crippen molar-refractivity contribution in [2.45, 2.75) is 19.1 Å². The second-order valence-corrected chi connectivity index (χ2v) is 7.68. The molecule has 0 saturated carbocycles. The zero-order valence-corrected chi connectivity index (χ0v) is 15.7. The molecule has 0 radical (unpaired) electrons. The lowest BCUT2D eigenvalue weighted by atomic mass is 10.1. The van der Waals surface area contributed by atoms with E-state index in [1.54, 1.807) is 13.1 Å². The maximum atomic E-state index is 12.0. The number of hydrogen-bond acceptors (Lipinski definition) is 7. The summed E-state index contributed by atoms with van der Waals surface area (Å²) in [7, 11) is 0. The van der Waals surface area contributed by atoms with E-state index in [2.05, 4.69) is 20.4 Å². The number of nitrogens with zero attached hydrogens (tertiary/aromatic N) is 3. The van der Waals surface area contributed by atoms with Gasteiger partial charge in [0.05, 0.1) is 11.5 Å². The van der Waals surface area contributed by atoms with E-state index in [-0.39, 0.29) is 5.91 Å². The van der Waals surface area contributed by atoms with Crippen molar-refractivity contribution in [3.8, 4) is 0 Å². The molecule has 0 aliphatic rings. The summed E-state index contributed by atoms with van der Waals surface area (Å²) in [5.74, 6) is 1.83. The number of aromatic nitrogens is 3. The van der Waals surface area contributed by atoms with Gasteiger partial charge in [-0.2, -0.15) is 4.98 Å². The van der Waals surface area contributed by atoms with E-state index in [1.807, 2.05) is 24.3 Å². The first-order chi connectivity index (χ1) is 12.1. The third-order valence-corrected chi connectivity index (χ3v) is 5.37. The maximum Gasteiger partial charge on any atom is 0.236 e. The molecular weight excluding hydrogens is 380 g/mol. The van der Waals surface area contributed by atoms with Crippen LogP contribution in [0.25, 0.3) is 0 Å². The summed E-state index contributed by atoms with van der Waals surface area (Å²) in [5, 5.41) is 7.91. The summed E-state index contributed by atoms with van der Waals surface area (Å²) in [6, 6.07) is 7.70. The zero-order valence-electron chi connectivity index (χ0n) is 13.4. The van der Waals surface area contributed by atoms with Gasteiger partial charge >= 0.3 is 0 Å². The van der Waals surface area contributed by atoms with Gasteiger partial charge in [0.15, 0.2) is 11.0 Å². The standard InChI is InChI=1S/C16H15ClN4O2S2/c1-10-19-14(21-23-10)8-24-9-15(22)20-16-18-7-12(25-16)6-11-4-2-3-5-13(11)17/h2-5,7H,6,8-9H2,1H3,(H,18,20,22). The highest BCUT2D eigenvalue weighted by Crippen LogP contribution is 2.24. The second kappa shape index (κ2) is 8.46. The summed E-state index contributed by atoms with van der Waals surface area (Å²) < 4.78 is 4.88. The highest BCUT2D eigenvalue weighted by Gasteiger charge is 2.10. The lowest BCUT2D eigenvalue weighted by Crippen LogP contribution is -2.13. The summed E-state index contributed by atoms with van der Waals surface area (Å²) >= 11 is 9.04. The Kier molecular flexibility index (Phi) is 6.06. The molecule has 25 heavy (non-hydrogen) atoms. The number of carbonyl (C=O) groups excluding carboxylic acids is 1. The Morgan fingerprint density at radius 1 is 1.40 bits per heavy atom. The van der Waals surface area contributed by atoms with Gasteiger partial charge in [-0.15, -0.1) is 23.1 Å². The van der Waals surface area contributed by atoms with Gasteiger partial charge in [0.1, 0.15) is 0 Å². The first-order valence-electron chi connectivity index (χ1n) is 7.45. The van der Waals surface area contributed by atoms with Crippen LogP contribution in [0.1, 0.15) is 22.2 Å². The van der Waals surface area contributed by atoms with E-state index >= 15 is 0 Å². The number of halogens is 1. The molecule has 6 nitrogen and oxygen atoms in total. The topological polar surface area (TPSA) is 80.9 Å². The van der Waals surface area contributed by atoms with Crippen LogP contribution in [0, 0.1) is 6.92 Å². The zero-order chi connectivity index (χ0) is 17.6. The smallest absolute Gasteiger partial charge is 0.236 e. The molecular formula is C16H15ClN4O2S2. The minimum Gasteiger partial charge on any atom is -0.340 e. The normalized spacial score (nSPS) is 10.8. The summed E-state index contributed by atoms with van der Waals surface area (Å²) in [6.45, 7) is 1.73. The van der Waals surface area contributed by atoms with Crippen LogP contribution >= 0.6 is 34.7 Å². The Labute approximate surface area is 158 Å². The SMILES string of the molecule is Cc1nc(CSCC(=O)Nc2ncc(Cc3ccccc3Cl)s2)no1. The average Bonchev–Trinajstić information content (AvgIpc) is 3.19. The molecule has 0 bridgehead atoms. The number of rotatable bonds is 7. The molecule has 3 rings (SSSR count). The van der Waals surface area contributed by atoms with Gasteiger partial charge in [0, 0.05) is 29.4 Å². The van der Waals surface area contributed by atoms with Crippen LogP contribution in [0.3, 0.4) is 0 Å². The highest BCUT2D eigenvalue weighted by molar-refractivity contribution is 7.99. The van der Waals surface area contributed by atoms with E-state index in [1.165, 1.54) is 23.1 Å². The van der Waals surface area contributed by atoms with Gasteiger partial charge in [-0.05, 0) is 11.6 Å². The van der Waals surface area contributed by atoms with Crippen LogP contribution in [0.5, 0.6) is 0 Å². The molecule has 0 unspecified atom stereocenters. The van der Waals surface area contributed by atoms with Crippen molar-refractivity contribution >= 4 is 45.7 Å². The Hall–Kier alpha value is -1.90. The van der Waals surface area contributed by atoms with Crippen molar-refractivity contribution < 1.29 is 9.32 Å². The monoisotopic (exact) mass is 394 g/mol. The second-order valence-electron chi connectivity index (χ2n) is 5.17. The molecule has 0 saturated heterocycles. The highest BCUT2D eigenvalue weighted by atomic mass is 35.5. The van der Waals surface area contributed by atoms with Crippen LogP contribution in [-0.4, -0.2) is 26.8 Å². The maximum absolute atomic E-state index is 12.0. The summed E-state index contributed by atoms with van der Waals surface area (Å²) in [5.41, 5.74) is 1.04. The van der Waals surface area contributed by atoms with Crippen LogP contribution < -0.4 is 5.32 Å². The fourth-order valence-electron chi connectivity index (χ4n) is 2.07. The van der Waals surface area contributed by atoms with E-state index in [0.29, 0.717) is 34.8 Å². The van der Waals surface area contributed by atoms with Crippen LogP contribution in [0.4, 0.5) is 5.13 Å². The largest absolute Gasteiger partial charge is 0.340 e. The number of nitrogens with one attached hydrogen (secondary N) is 1. The minimum absolute atomic E-state index is 0.108. The number of thioether (sulfide) groups is 1.